The Hall–Kier alpha value is -2.27. The summed E-state index contributed by atoms with van der Waals surface area (Å²) in [6.07, 6.45) is 0.981. The molecule has 1 amide bonds. The Labute approximate surface area is 108 Å². The second-order valence-electron chi connectivity index (χ2n) is 4.52. The lowest BCUT2D eigenvalue weighted by molar-refractivity contribution is -0.130. The number of nitrogens with zero attached hydrogens (tertiary/aromatic N) is 1. The van der Waals surface area contributed by atoms with E-state index in [2.05, 4.69) is 10.3 Å². The molecule has 96 valence electrons. The normalized spacial score (nSPS) is 21.1. The summed E-state index contributed by atoms with van der Waals surface area (Å²) in [6.45, 7) is 1.84. The smallest absolute Gasteiger partial charge is 0.267 e. The molecule has 0 radical (unpaired) electrons. The van der Waals surface area contributed by atoms with Crippen molar-refractivity contribution in [3.63, 3.8) is 0 Å². The first kappa shape index (κ1) is 11.8. The van der Waals surface area contributed by atoms with E-state index in [-0.39, 0.29) is 5.69 Å². The van der Waals surface area contributed by atoms with Gasteiger partial charge in [-0.25, -0.2) is 4.39 Å². The van der Waals surface area contributed by atoms with E-state index in [4.69, 9.17) is 0 Å². The van der Waals surface area contributed by atoms with Crippen molar-refractivity contribution in [3.8, 4) is 0 Å². The van der Waals surface area contributed by atoms with E-state index in [9.17, 15) is 14.3 Å². The summed E-state index contributed by atoms with van der Waals surface area (Å²) in [6, 6.07) is 7.73. The van der Waals surface area contributed by atoms with Crippen LogP contribution in [0.25, 0.3) is 0 Å². The Bertz CT molecular complexity index is 670. The van der Waals surface area contributed by atoms with Crippen molar-refractivity contribution in [1.29, 1.82) is 0 Å². The molecule has 0 saturated carbocycles. The van der Waals surface area contributed by atoms with Crippen LogP contribution in [-0.4, -0.2) is 16.0 Å². The van der Waals surface area contributed by atoms with Crippen LogP contribution in [0.15, 0.2) is 36.5 Å². The minimum atomic E-state index is -1.87. The Kier molecular flexibility index (Phi) is 2.40. The maximum atomic E-state index is 12.9. The van der Waals surface area contributed by atoms with Gasteiger partial charge in [0.2, 0.25) is 5.60 Å². The first-order chi connectivity index (χ1) is 9.03. The van der Waals surface area contributed by atoms with Gasteiger partial charge in [-0.1, -0.05) is 18.2 Å². The number of aliphatic hydroxyl groups is 1. The zero-order valence-electron chi connectivity index (χ0n) is 10.1. The highest BCUT2D eigenvalue weighted by Crippen LogP contribution is 2.41. The number of para-hydroxylation sites is 1. The van der Waals surface area contributed by atoms with Gasteiger partial charge in [0.15, 0.2) is 0 Å². The zero-order valence-corrected chi connectivity index (χ0v) is 10.1. The van der Waals surface area contributed by atoms with Gasteiger partial charge in [-0.2, -0.15) is 0 Å². The number of aromatic nitrogens is 1. The van der Waals surface area contributed by atoms with E-state index in [0.29, 0.717) is 11.3 Å². The summed E-state index contributed by atoms with van der Waals surface area (Å²) >= 11 is 0. The number of hydrogen-bond donors (Lipinski definition) is 2. The molecule has 1 aliphatic rings. The SMILES string of the molecule is Cc1cccc2c1NC(=O)C2(O)c1ccc(F)cn1. The molecule has 2 heterocycles. The molecule has 3 rings (SSSR count). The van der Waals surface area contributed by atoms with Gasteiger partial charge in [0.05, 0.1) is 17.6 Å². The fourth-order valence-corrected chi connectivity index (χ4v) is 2.31. The van der Waals surface area contributed by atoms with Crippen LogP contribution < -0.4 is 5.32 Å². The van der Waals surface area contributed by atoms with E-state index in [0.717, 1.165) is 11.8 Å². The van der Waals surface area contributed by atoms with Gasteiger partial charge in [0, 0.05) is 5.56 Å². The number of carbonyl (C=O) groups is 1. The Balaban J connectivity index is 2.23. The van der Waals surface area contributed by atoms with E-state index in [1.165, 1.54) is 12.1 Å². The maximum absolute atomic E-state index is 12.9. The molecule has 0 bridgehead atoms. The van der Waals surface area contributed by atoms with E-state index in [1.807, 2.05) is 13.0 Å². The first-order valence-electron chi connectivity index (χ1n) is 5.79. The van der Waals surface area contributed by atoms with Crippen LogP contribution in [0.4, 0.5) is 10.1 Å². The molecule has 1 aromatic carbocycles. The molecule has 1 unspecified atom stereocenters. The molecule has 0 saturated heterocycles. The summed E-state index contributed by atoms with van der Waals surface area (Å²) in [5, 5.41) is 13.3. The molecule has 0 spiro atoms. The molecule has 1 atom stereocenters. The van der Waals surface area contributed by atoms with Gasteiger partial charge < -0.3 is 10.4 Å². The molecule has 2 N–H and O–H groups in total. The van der Waals surface area contributed by atoms with Crippen molar-refractivity contribution < 1.29 is 14.3 Å². The minimum Gasteiger partial charge on any atom is -0.370 e. The van der Waals surface area contributed by atoms with Gasteiger partial charge in [-0.05, 0) is 24.6 Å². The van der Waals surface area contributed by atoms with Crippen LogP contribution in [0.3, 0.4) is 0 Å². The van der Waals surface area contributed by atoms with Crippen LogP contribution in [0.5, 0.6) is 0 Å². The molecule has 1 aliphatic heterocycles. The Morgan fingerprint density at radius 1 is 1.32 bits per heavy atom. The second-order valence-corrected chi connectivity index (χ2v) is 4.52. The van der Waals surface area contributed by atoms with Crippen molar-refractivity contribution in [2.45, 2.75) is 12.5 Å². The van der Waals surface area contributed by atoms with Crippen LogP contribution in [0, 0.1) is 12.7 Å². The second kappa shape index (κ2) is 3.86. The Morgan fingerprint density at radius 3 is 2.79 bits per heavy atom. The molecule has 1 aromatic heterocycles. The summed E-state index contributed by atoms with van der Waals surface area (Å²) in [5.74, 6) is -1.09. The van der Waals surface area contributed by atoms with Crippen molar-refractivity contribution in [3.05, 3.63) is 59.2 Å². The number of amides is 1. The Morgan fingerprint density at radius 2 is 2.11 bits per heavy atom. The van der Waals surface area contributed by atoms with Crippen molar-refractivity contribution in [2.24, 2.45) is 0 Å². The highest BCUT2D eigenvalue weighted by atomic mass is 19.1. The molecule has 2 aromatic rings. The summed E-state index contributed by atoms with van der Waals surface area (Å²) in [7, 11) is 0. The average molecular weight is 258 g/mol. The third-order valence-electron chi connectivity index (χ3n) is 3.33. The van der Waals surface area contributed by atoms with Crippen LogP contribution in [-0.2, 0) is 10.4 Å². The standard InChI is InChI=1S/C14H11FN2O2/c1-8-3-2-4-10-12(8)17-13(18)14(10,19)11-6-5-9(15)7-16-11/h2-7,19H,1H3,(H,17,18). The maximum Gasteiger partial charge on any atom is 0.267 e. The van der Waals surface area contributed by atoms with Crippen LogP contribution in [0.1, 0.15) is 16.8 Å². The number of rotatable bonds is 1. The average Bonchev–Trinajstić information content (AvgIpc) is 2.66. The largest absolute Gasteiger partial charge is 0.370 e. The third kappa shape index (κ3) is 1.55. The third-order valence-corrected chi connectivity index (χ3v) is 3.33. The molecule has 4 nitrogen and oxygen atoms in total. The van der Waals surface area contributed by atoms with Gasteiger partial charge in [0.25, 0.3) is 5.91 Å². The summed E-state index contributed by atoms with van der Waals surface area (Å²) < 4.78 is 12.9. The number of aryl methyl sites for hydroxylation is 1. The van der Waals surface area contributed by atoms with Crippen molar-refractivity contribution in [2.75, 3.05) is 5.32 Å². The molecular weight excluding hydrogens is 247 g/mol. The number of carbonyl (C=O) groups excluding carboxylic acids is 1. The molecular formula is C14H11FN2O2. The molecule has 0 aliphatic carbocycles. The van der Waals surface area contributed by atoms with Crippen LogP contribution >= 0.6 is 0 Å². The zero-order chi connectivity index (χ0) is 13.6. The number of benzene rings is 1. The summed E-state index contributed by atoms with van der Waals surface area (Å²) in [5.41, 5.74) is 0.118. The van der Waals surface area contributed by atoms with Crippen LogP contribution in [0.2, 0.25) is 0 Å². The van der Waals surface area contributed by atoms with E-state index < -0.39 is 17.3 Å². The molecule has 5 heteroatoms. The fourth-order valence-electron chi connectivity index (χ4n) is 2.31. The number of pyridine rings is 1. The lowest BCUT2D eigenvalue weighted by Crippen LogP contribution is -2.36. The van der Waals surface area contributed by atoms with Crippen molar-refractivity contribution in [1.82, 2.24) is 4.98 Å². The molecule has 19 heavy (non-hydrogen) atoms. The number of anilines is 1. The number of nitrogens with one attached hydrogen (secondary N) is 1. The van der Waals surface area contributed by atoms with Gasteiger partial charge in [-0.3, -0.25) is 9.78 Å². The lowest BCUT2D eigenvalue weighted by atomic mass is 9.90. The molecule has 0 fully saturated rings. The quantitative estimate of drug-likeness (QED) is 0.818. The van der Waals surface area contributed by atoms with E-state index >= 15 is 0 Å². The number of fused-ring (bicyclic) bond motifs is 1. The van der Waals surface area contributed by atoms with Gasteiger partial charge in [0.1, 0.15) is 5.82 Å². The van der Waals surface area contributed by atoms with Gasteiger partial charge in [-0.15, -0.1) is 0 Å². The highest BCUT2D eigenvalue weighted by Gasteiger charge is 2.48. The van der Waals surface area contributed by atoms with E-state index in [1.54, 1.807) is 12.1 Å². The summed E-state index contributed by atoms with van der Waals surface area (Å²) in [4.78, 5) is 15.9. The predicted octanol–water partition coefficient (Wildman–Crippen LogP) is 1.72. The fraction of sp³-hybridized carbons (Fsp3) is 0.143. The number of hydrogen-bond acceptors (Lipinski definition) is 3. The van der Waals surface area contributed by atoms with Gasteiger partial charge >= 0.3 is 0 Å². The number of halogens is 1. The predicted molar refractivity (Wildman–Crippen MR) is 67.0 cm³/mol. The lowest BCUT2D eigenvalue weighted by Gasteiger charge is -2.20. The monoisotopic (exact) mass is 258 g/mol. The minimum absolute atomic E-state index is 0.107. The van der Waals surface area contributed by atoms with Crippen molar-refractivity contribution >= 4 is 11.6 Å². The topological polar surface area (TPSA) is 62.2 Å². The highest BCUT2D eigenvalue weighted by molar-refractivity contribution is 6.07. The first-order valence-corrected chi connectivity index (χ1v) is 5.79.